The standard InChI is InChI=1S/C6H8F6O3/c7-5(8,9)4(14,6(10,11)12)1-2-15-3-13/h13-14H,1-3H2. The number of aliphatic hydroxyl groups excluding tert-OH is 1. The number of aliphatic hydroxyl groups is 2. The average Bonchev–Trinajstić information content (AvgIpc) is 2.00. The molecule has 0 atom stereocenters. The molecule has 0 aromatic rings. The van der Waals surface area contributed by atoms with Crippen LogP contribution < -0.4 is 0 Å². The third kappa shape index (κ3) is 3.21. The first-order valence-electron chi connectivity index (χ1n) is 3.60. The summed E-state index contributed by atoms with van der Waals surface area (Å²) in [6.07, 6.45) is -13.4. The highest BCUT2D eigenvalue weighted by Gasteiger charge is 2.69. The summed E-state index contributed by atoms with van der Waals surface area (Å²) in [7, 11) is 0. The average molecular weight is 242 g/mol. The lowest BCUT2D eigenvalue weighted by atomic mass is 9.99. The highest BCUT2D eigenvalue weighted by molar-refractivity contribution is 4.93. The molecular formula is C6H8F6O3. The molecule has 0 aromatic carbocycles. The first-order chi connectivity index (χ1) is 6.56. The van der Waals surface area contributed by atoms with Crippen LogP contribution in [0.15, 0.2) is 0 Å². The maximum absolute atomic E-state index is 11.9. The fourth-order valence-corrected chi connectivity index (χ4v) is 0.729. The molecule has 0 rings (SSSR count). The molecule has 0 heterocycles. The van der Waals surface area contributed by atoms with Crippen LogP contribution in [-0.4, -0.2) is 41.6 Å². The van der Waals surface area contributed by atoms with Crippen LogP contribution in [0, 0.1) is 0 Å². The zero-order valence-corrected chi connectivity index (χ0v) is 7.19. The van der Waals surface area contributed by atoms with Gasteiger partial charge in [0.25, 0.3) is 5.60 Å². The van der Waals surface area contributed by atoms with Crippen molar-refractivity contribution in [1.82, 2.24) is 0 Å². The minimum Gasteiger partial charge on any atom is -0.374 e. The van der Waals surface area contributed by atoms with Gasteiger partial charge in [0.05, 0.1) is 6.61 Å². The van der Waals surface area contributed by atoms with Gasteiger partial charge < -0.3 is 14.9 Å². The summed E-state index contributed by atoms with van der Waals surface area (Å²) in [4.78, 5) is 0. The Morgan fingerprint density at radius 2 is 1.33 bits per heavy atom. The minimum atomic E-state index is -5.84. The second-order valence-corrected chi connectivity index (χ2v) is 2.64. The molecular weight excluding hydrogens is 234 g/mol. The Kier molecular flexibility index (Phi) is 4.37. The molecule has 3 nitrogen and oxygen atoms in total. The largest absolute Gasteiger partial charge is 0.426 e. The number of rotatable bonds is 4. The highest BCUT2D eigenvalue weighted by atomic mass is 19.4. The van der Waals surface area contributed by atoms with E-state index in [0.29, 0.717) is 0 Å². The predicted molar refractivity (Wildman–Crippen MR) is 34.7 cm³/mol. The molecule has 2 N–H and O–H groups in total. The molecule has 92 valence electrons. The molecule has 0 aliphatic heterocycles. The van der Waals surface area contributed by atoms with Crippen LogP contribution in [0.1, 0.15) is 6.42 Å². The second-order valence-electron chi connectivity index (χ2n) is 2.64. The van der Waals surface area contributed by atoms with Crippen molar-refractivity contribution in [1.29, 1.82) is 0 Å². The quantitative estimate of drug-likeness (QED) is 0.442. The second kappa shape index (κ2) is 4.54. The Morgan fingerprint density at radius 1 is 0.933 bits per heavy atom. The number of hydrogen-bond donors (Lipinski definition) is 2. The maximum Gasteiger partial charge on any atom is 0.426 e. The van der Waals surface area contributed by atoms with E-state index < -0.39 is 37.8 Å². The van der Waals surface area contributed by atoms with E-state index in [4.69, 9.17) is 10.2 Å². The van der Waals surface area contributed by atoms with Crippen LogP contribution in [0.4, 0.5) is 26.3 Å². The SMILES string of the molecule is OCOCCC(O)(C(F)(F)F)C(F)(F)F. The van der Waals surface area contributed by atoms with E-state index in [1.54, 1.807) is 0 Å². The molecule has 0 bridgehead atoms. The summed E-state index contributed by atoms with van der Waals surface area (Å²) in [6, 6.07) is 0. The third-order valence-corrected chi connectivity index (χ3v) is 1.64. The van der Waals surface area contributed by atoms with Crippen LogP contribution in [0.2, 0.25) is 0 Å². The summed E-state index contributed by atoms with van der Waals surface area (Å²) >= 11 is 0. The molecule has 0 spiro atoms. The van der Waals surface area contributed by atoms with E-state index in [1.165, 1.54) is 0 Å². The van der Waals surface area contributed by atoms with E-state index in [-0.39, 0.29) is 0 Å². The summed E-state index contributed by atoms with van der Waals surface area (Å²) in [6.45, 7) is -2.09. The molecule has 0 amide bonds. The van der Waals surface area contributed by atoms with Gasteiger partial charge in [0, 0.05) is 6.42 Å². The van der Waals surface area contributed by atoms with Crippen LogP contribution in [0.25, 0.3) is 0 Å². The van der Waals surface area contributed by atoms with Crippen molar-refractivity contribution in [3.8, 4) is 0 Å². The lowest BCUT2D eigenvalue weighted by molar-refractivity contribution is -0.372. The fourth-order valence-electron chi connectivity index (χ4n) is 0.729. The summed E-state index contributed by atoms with van der Waals surface area (Å²) in [5, 5.41) is 16.5. The number of hydrogen-bond acceptors (Lipinski definition) is 3. The van der Waals surface area contributed by atoms with Crippen molar-refractivity contribution in [2.24, 2.45) is 0 Å². The van der Waals surface area contributed by atoms with Crippen LogP contribution in [0.3, 0.4) is 0 Å². The smallest absolute Gasteiger partial charge is 0.374 e. The first-order valence-corrected chi connectivity index (χ1v) is 3.60. The van der Waals surface area contributed by atoms with Gasteiger partial charge in [-0.1, -0.05) is 0 Å². The van der Waals surface area contributed by atoms with E-state index in [9.17, 15) is 26.3 Å². The zero-order chi connectivity index (χ0) is 12.3. The topological polar surface area (TPSA) is 49.7 Å². The van der Waals surface area contributed by atoms with Crippen molar-refractivity contribution in [3.05, 3.63) is 0 Å². The van der Waals surface area contributed by atoms with Crippen molar-refractivity contribution in [2.75, 3.05) is 13.4 Å². The molecule has 15 heavy (non-hydrogen) atoms. The molecule has 0 unspecified atom stereocenters. The van der Waals surface area contributed by atoms with Gasteiger partial charge in [0.2, 0.25) is 0 Å². The van der Waals surface area contributed by atoms with Gasteiger partial charge in [-0.25, -0.2) is 0 Å². The highest BCUT2D eigenvalue weighted by Crippen LogP contribution is 2.45. The van der Waals surface area contributed by atoms with Gasteiger partial charge >= 0.3 is 12.4 Å². The summed E-state index contributed by atoms with van der Waals surface area (Å²) < 4.78 is 75.6. The molecule has 9 heteroatoms. The number of alkyl halides is 6. The number of halogens is 6. The molecule has 0 aromatic heterocycles. The maximum atomic E-state index is 11.9. The van der Waals surface area contributed by atoms with Crippen LogP contribution in [0.5, 0.6) is 0 Å². The molecule has 0 fully saturated rings. The fraction of sp³-hybridized carbons (Fsp3) is 1.00. The van der Waals surface area contributed by atoms with Gasteiger partial charge in [-0.15, -0.1) is 0 Å². The summed E-state index contributed by atoms with van der Waals surface area (Å²) in [5.74, 6) is 0. The molecule has 0 aliphatic rings. The Hall–Kier alpha value is -0.540. The number of ether oxygens (including phenoxy) is 1. The van der Waals surface area contributed by atoms with Gasteiger partial charge in [-0.05, 0) is 0 Å². The molecule has 0 radical (unpaired) electrons. The third-order valence-electron chi connectivity index (χ3n) is 1.64. The van der Waals surface area contributed by atoms with E-state index in [2.05, 4.69) is 4.74 Å². The monoisotopic (exact) mass is 242 g/mol. The lowest BCUT2D eigenvalue weighted by Gasteiger charge is -2.31. The van der Waals surface area contributed by atoms with Crippen LogP contribution in [-0.2, 0) is 4.74 Å². The Morgan fingerprint density at radius 3 is 1.60 bits per heavy atom. The van der Waals surface area contributed by atoms with Crippen molar-refractivity contribution >= 4 is 0 Å². The van der Waals surface area contributed by atoms with Crippen molar-refractivity contribution in [2.45, 2.75) is 24.4 Å². The normalized spacial score (nSPS) is 14.4. The zero-order valence-electron chi connectivity index (χ0n) is 7.19. The van der Waals surface area contributed by atoms with Gasteiger partial charge in [0.1, 0.15) is 6.79 Å². The van der Waals surface area contributed by atoms with Gasteiger partial charge in [-0.2, -0.15) is 26.3 Å². The first kappa shape index (κ1) is 14.5. The summed E-state index contributed by atoms with van der Waals surface area (Å²) in [5.41, 5.74) is -4.81. The molecule has 0 saturated carbocycles. The Bertz CT molecular complexity index is 184. The van der Waals surface area contributed by atoms with Crippen LogP contribution >= 0.6 is 0 Å². The van der Waals surface area contributed by atoms with E-state index in [1.807, 2.05) is 0 Å². The van der Waals surface area contributed by atoms with Gasteiger partial charge in [0.15, 0.2) is 0 Å². The predicted octanol–water partition coefficient (Wildman–Crippen LogP) is 1.20. The van der Waals surface area contributed by atoms with E-state index >= 15 is 0 Å². The Labute approximate surface area is 80.3 Å². The van der Waals surface area contributed by atoms with E-state index in [0.717, 1.165) is 0 Å². The van der Waals surface area contributed by atoms with Crippen molar-refractivity contribution < 1.29 is 41.3 Å². The Balaban J connectivity index is 4.74. The minimum absolute atomic E-state index is 1.02. The van der Waals surface area contributed by atoms with Crippen molar-refractivity contribution in [3.63, 3.8) is 0 Å². The molecule has 0 aliphatic carbocycles. The van der Waals surface area contributed by atoms with Gasteiger partial charge in [-0.3, -0.25) is 0 Å². The molecule has 0 saturated heterocycles. The lowest BCUT2D eigenvalue weighted by Crippen LogP contribution is -2.57.